The molecule has 3 unspecified atom stereocenters. The molecule has 20 nitrogen and oxygen atoms in total. The number of anilines is 3. The number of hydrazine groups is 1. The third-order valence-corrected chi connectivity index (χ3v) is 8.58. The van der Waals surface area contributed by atoms with Crippen LogP contribution < -0.4 is 32.3 Å². The fourth-order valence-corrected chi connectivity index (χ4v) is 6.09. The largest absolute Gasteiger partial charge is 0.506 e. The zero-order valence-corrected chi connectivity index (χ0v) is 26.3. The van der Waals surface area contributed by atoms with Crippen LogP contribution in [0.3, 0.4) is 0 Å². The Kier molecular flexibility index (Phi) is 8.62. The van der Waals surface area contributed by atoms with Crippen molar-refractivity contribution < 1.29 is 34.2 Å². The van der Waals surface area contributed by atoms with Gasteiger partial charge in [0.25, 0.3) is 17.7 Å². The van der Waals surface area contributed by atoms with Gasteiger partial charge in [0.15, 0.2) is 41.8 Å². The number of aromatic nitrogens is 6. The van der Waals surface area contributed by atoms with Gasteiger partial charge in [0.2, 0.25) is 11.5 Å². The second kappa shape index (κ2) is 12.7. The van der Waals surface area contributed by atoms with E-state index in [1.807, 2.05) is 4.90 Å². The molecule has 3 atom stereocenters. The molecule has 3 aliphatic rings. The lowest BCUT2D eigenvalue weighted by atomic mass is 9.95. The molecular formula is C28H38N13O7+. The number of aliphatic imine (C=N–C) groups is 1. The van der Waals surface area contributed by atoms with Crippen molar-refractivity contribution in [1.29, 1.82) is 0 Å². The van der Waals surface area contributed by atoms with E-state index in [0.717, 1.165) is 0 Å². The molecule has 0 spiro atoms. The Hall–Kier alpha value is -5.34. The van der Waals surface area contributed by atoms with Crippen molar-refractivity contribution in [3.63, 3.8) is 0 Å². The number of carbonyl (C=O) groups is 2. The molecule has 0 aromatic carbocycles. The highest BCUT2D eigenvalue weighted by molar-refractivity contribution is 6.43. The smallest absolute Gasteiger partial charge is 0.322 e. The lowest BCUT2D eigenvalue weighted by Crippen LogP contribution is -2.62. The van der Waals surface area contributed by atoms with Gasteiger partial charge in [-0.2, -0.15) is 14.5 Å². The number of hydrogen-bond donors (Lipinski definition) is 9. The van der Waals surface area contributed by atoms with Gasteiger partial charge in [0.1, 0.15) is 17.5 Å². The lowest BCUT2D eigenvalue weighted by Gasteiger charge is -2.40. The van der Waals surface area contributed by atoms with Gasteiger partial charge in [-0.3, -0.25) is 34.7 Å². The van der Waals surface area contributed by atoms with Crippen molar-refractivity contribution >= 4 is 52.0 Å². The monoisotopic (exact) mass is 668 g/mol. The number of ether oxygens (including phenoxy) is 1. The van der Waals surface area contributed by atoms with Gasteiger partial charge in [-0.1, -0.05) is 11.4 Å². The first-order valence-corrected chi connectivity index (χ1v) is 15.4. The molecule has 1 saturated heterocycles. The number of aliphatic hydroxyl groups excluding tert-OH is 2. The van der Waals surface area contributed by atoms with E-state index in [0.29, 0.717) is 56.5 Å². The van der Waals surface area contributed by atoms with E-state index in [2.05, 4.69) is 40.7 Å². The van der Waals surface area contributed by atoms with E-state index in [-0.39, 0.29) is 47.0 Å². The number of fused-ring (bicyclic) bond motifs is 2. The average molecular weight is 669 g/mol. The molecule has 6 heterocycles. The molecule has 6 rings (SSSR count). The number of aliphatic carboxylic acids is 1. The van der Waals surface area contributed by atoms with E-state index in [1.54, 1.807) is 24.7 Å². The number of carbonyl (C=O) groups excluding carboxylic acids is 1. The molecule has 3 aromatic rings. The zero-order chi connectivity index (χ0) is 34.3. The molecule has 0 bridgehead atoms. The number of H-pyrrole nitrogens is 2. The number of aliphatic hydroxyl groups is 2. The van der Waals surface area contributed by atoms with Crippen LogP contribution in [0.2, 0.25) is 0 Å². The molecule has 11 N–H and O–H groups in total. The zero-order valence-electron chi connectivity index (χ0n) is 26.3. The summed E-state index contributed by atoms with van der Waals surface area (Å²) in [6, 6.07) is -0.874. The second-order valence-corrected chi connectivity index (χ2v) is 12.3. The van der Waals surface area contributed by atoms with Crippen LogP contribution in [0.15, 0.2) is 34.0 Å². The maximum absolute atomic E-state index is 13.3. The predicted octanol–water partition coefficient (Wildman–Crippen LogP) is -1.21. The minimum Gasteiger partial charge on any atom is -0.506 e. The highest BCUT2D eigenvalue weighted by Crippen LogP contribution is 2.32. The van der Waals surface area contributed by atoms with Crippen molar-refractivity contribution in [3.8, 4) is 0 Å². The molecule has 1 amide bonds. The van der Waals surface area contributed by atoms with Gasteiger partial charge in [-0.15, -0.1) is 0 Å². The van der Waals surface area contributed by atoms with Crippen LogP contribution in [-0.2, 0) is 14.3 Å². The summed E-state index contributed by atoms with van der Waals surface area (Å²) in [4.78, 5) is 61.5. The van der Waals surface area contributed by atoms with Crippen molar-refractivity contribution in [2.45, 2.75) is 63.4 Å². The van der Waals surface area contributed by atoms with Crippen molar-refractivity contribution in [2.24, 2.45) is 4.99 Å². The third-order valence-electron chi connectivity index (χ3n) is 8.58. The number of imidazole rings is 1. The summed E-state index contributed by atoms with van der Waals surface area (Å²) in [5.74, 6) is -1.25. The van der Waals surface area contributed by atoms with Gasteiger partial charge in [0, 0.05) is 26.1 Å². The normalized spacial score (nSPS) is 22.6. The molecule has 0 radical (unpaired) electrons. The van der Waals surface area contributed by atoms with Gasteiger partial charge in [0.05, 0.1) is 5.54 Å². The number of allylic oxidation sites excluding steroid dienone is 1. The van der Waals surface area contributed by atoms with E-state index < -0.39 is 41.3 Å². The van der Waals surface area contributed by atoms with E-state index in [9.17, 15) is 29.7 Å². The Morgan fingerprint density at radius 3 is 2.77 bits per heavy atom. The molecule has 256 valence electrons. The fraction of sp³-hybridized carbons (Fsp3) is 0.500. The number of piperazine rings is 1. The molecule has 48 heavy (non-hydrogen) atoms. The standard InChI is InChI=1S/C28H37N13O7/c1-28(2)19(34-16-21(37-28)35-27(30)36-23(16)44)24(45)38-40-9-8-39(13(10-40)26(46)47)7-5-3-4-6-14-17(42)18(43)25(48-14)41-12-33-15-20(29)31-11-32-22(15)41/h11-13,18,25,43H,3-10H2,1-2H3,(H9,29,30,31,32,35,36,37,38,42,44,45,46,47)/p+1. The summed E-state index contributed by atoms with van der Waals surface area (Å²) in [7, 11) is 0. The molecule has 0 saturated carbocycles. The van der Waals surface area contributed by atoms with Crippen molar-refractivity contribution in [2.75, 3.05) is 43.0 Å². The van der Waals surface area contributed by atoms with E-state index in [1.165, 1.54) is 11.3 Å². The van der Waals surface area contributed by atoms with Crippen LogP contribution in [0.4, 0.5) is 23.3 Å². The number of nitrogens with one attached hydrogen (secondary N) is 4. The summed E-state index contributed by atoms with van der Waals surface area (Å²) in [5.41, 5.74) is 13.5. The Labute approximate surface area is 272 Å². The summed E-state index contributed by atoms with van der Waals surface area (Å²) < 4.78 is 7.45. The lowest BCUT2D eigenvalue weighted by molar-refractivity contribution is -0.742. The first kappa shape index (κ1) is 32.6. The maximum Gasteiger partial charge on any atom is 0.322 e. The van der Waals surface area contributed by atoms with Gasteiger partial charge >= 0.3 is 11.6 Å². The highest BCUT2D eigenvalue weighted by atomic mass is 16.5. The van der Waals surface area contributed by atoms with Gasteiger partial charge in [-0.05, 0) is 33.2 Å². The summed E-state index contributed by atoms with van der Waals surface area (Å²) >= 11 is 0. The van der Waals surface area contributed by atoms with Crippen LogP contribution in [0.25, 0.3) is 11.2 Å². The van der Waals surface area contributed by atoms with Crippen LogP contribution in [0, 0.1) is 0 Å². The molecule has 3 aromatic heterocycles. The maximum atomic E-state index is 13.3. The Morgan fingerprint density at radius 1 is 1.21 bits per heavy atom. The quantitative estimate of drug-likeness (QED) is 0.0905. The number of amides is 1. The fourth-order valence-electron chi connectivity index (χ4n) is 6.09. The number of carboxylic acids is 1. The third kappa shape index (κ3) is 6.19. The Balaban J connectivity index is 0.995. The molecule has 0 aliphatic carbocycles. The van der Waals surface area contributed by atoms with E-state index in [4.69, 9.17) is 16.2 Å². The van der Waals surface area contributed by atoms with Crippen molar-refractivity contribution in [1.82, 2.24) is 40.3 Å². The Bertz CT molecular complexity index is 1870. The van der Waals surface area contributed by atoms with Crippen LogP contribution in [0.1, 0.15) is 45.8 Å². The predicted molar refractivity (Wildman–Crippen MR) is 170 cm³/mol. The van der Waals surface area contributed by atoms with Crippen LogP contribution in [-0.4, -0.2) is 112 Å². The number of carboxylic acid groups (broad SMARTS) is 1. The molecular weight excluding hydrogens is 630 g/mol. The number of hydrogen-bond acceptors (Lipinski definition) is 15. The summed E-state index contributed by atoms with van der Waals surface area (Å²) in [5, 5.41) is 35.7. The number of nitrogens with two attached hydrogens (primary N) is 2. The summed E-state index contributed by atoms with van der Waals surface area (Å²) in [6.45, 7) is 4.70. The first-order chi connectivity index (χ1) is 22.8. The molecule has 20 heteroatoms. The number of nitrogens with zero attached hydrogens (tertiary/aromatic N) is 7. The topological polar surface area (TPSA) is 290 Å². The van der Waals surface area contributed by atoms with Crippen LogP contribution in [0.5, 0.6) is 0 Å². The molecule has 3 aliphatic heterocycles. The Morgan fingerprint density at radius 2 is 2.00 bits per heavy atom. The average Bonchev–Trinajstić information content (AvgIpc) is 3.57. The molecule has 1 fully saturated rings. The summed E-state index contributed by atoms with van der Waals surface area (Å²) in [6.07, 6.45) is 2.99. The van der Waals surface area contributed by atoms with Gasteiger partial charge in [-0.25, -0.2) is 10.0 Å². The number of aromatic amines is 2. The first-order valence-electron chi connectivity index (χ1n) is 15.4. The minimum atomic E-state index is -1.30. The minimum absolute atomic E-state index is 0.0336. The number of nitrogen functional groups attached to an aromatic ring is 2. The van der Waals surface area contributed by atoms with Crippen LogP contribution >= 0.6 is 0 Å². The van der Waals surface area contributed by atoms with Gasteiger partial charge < -0.3 is 36.8 Å². The number of rotatable bonds is 10. The van der Waals surface area contributed by atoms with Crippen molar-refractivity contribution in [3.05, 3.63) is 34.5 Å². The number of unbranched alkanes of at least 4 members (excludes halogenated alkanes) is 2. The van der Waals surface area contributed by atoms with E-state index >= 15 is 0 Å². The second-order valence-electron chi connectivity index (χ2n) is 12.3. The highest BCUT2D eigenvalue weighted by Gasteiger charge is 2.41. The SMILES string of the molecule is CC1(C)Nc2nc(N)[nH]c(=O)c2N=C1C(=O)NN1CCN(CCCCCC2=C(O)C(O)C([n+]3c[nH]c4c(N)ncnc43)O2)C(C(=O)O)C1.